The van der Waals surface area contributed by atoms with Crippen LogP contribution in [0.25, 0.3) is 0 Å². The Labute approximate surface area is 133 Å². The van der Waals surface area contributed by atoms with E-state index in [0.29, 0.717) is 0 Å². The van der Waals surface area contributed by atoms with Crippen LogP contribution in [-0.4, -0.2) is 28.5 Å². The zero-order valence-electron chi connectivity index (χ0n) is 11.8. The molecule has 0 radical (unpaired) electrons. The fourth-order valence-corrected chi connectivity index (χ4v) is 2.56. The van der Waals surface area contributed by atoms with E-state index in [-0.39, 0.29) is 10.6 Å². The Bertz CT molecular complexity index is 825. The number of nitrogens with zero attached hydrogens (tertiary/aromatic N) is 2. The summed E-state index contributed by atoms with van der Waals surface area (Å²) in [6.07, 6.45) is 1.27. The van der Waals surface area contributed by atoms with Gasteiger partial charge in [0.25, 0.3) is 0 Å². The van der Waals surface area contributed by atoms with Crippen molar-refractivity contribution in [1.29, 1.82) is 0 Å². The van der Waals surface area contributed by atoms with Crippen LogP contribution in [-0.2, 0) is 16.1 Å². The summed E-state index contributed by atoms with van der Waals surface area (Å²) >= 11 is 1.09. The molecule has 0 aliphatic rings. The number of thiophene rings is 1. The van der Waals surface area contributed by atoms with Gasteiger partial charge < -0.3 is 14.6 Å². The number of aromatic nitrogens is 1. The molecule has 2 heterocycles. The number of hydrogen-bond acceptors (Lipinski definition) is 7. The number of esters is 1. The molecule has 0 unspecified atom stereocenters. The van der Waals surface area contributed by atoms with Crippen molar-refractivity contribution in [2.45, 2.75) is 6.54 Å². The molecule has 0 fully saturated rings. The molecule has 0 saturated heterocycles. The molecule has 9 nitrogen and oxygen atoms in total. The molecule has 0 saturated carbocycles. The van der Waals surface area contributed by atoms with Crippen LogP contribution in [0.5, 0.6) is 0 Å². The number of rotatable bonds is 5. The molecule has 2 aromatic rings. The number of pyridine rings is 1. The summed E-state index contributed by atoms with van der Waals surface area (Å²) in [5.74, 6) is -1.20. The van der Waals surface area contributed by atoms with Crippen molar-refractivity contribution in [3.05, 3.63) is 55.1 Å². The van der Waals surface area contributed by atoms with Crippen molar-refractivity contribution in [1.82, 2.24) is 4.57 Å². The summed E-state index contributed by atoms with van der Waals surface area (Å²) in [4.78, 5) is 45.5. The van der Waals surface area contributed by atoms with Gasteiger partial charge in [0.2, 0.25) is 5.91 Å². The molecule has 120 valence electrons. The van der Waals surface area contributed by atoms with E-state index in [1.807, 2.05) is 0 Å². The summed E-state index contributed by atoms with van der Waals surface area (Å²) in [5, 5.41) is 14.8. The minimum absolute atomic E-state index is 0.215. The molecule has 0 atom stereocenters. The summed E-state index contributed by atoms with van der Waals surface area (Å²) in [5.41, 5.74) is -1.25. The third-order valence-corrected chi connectivity index (χ3v) is 3.72. The van der Waals surface area contributed by atoms with E-state index in [2.05, 4.69) is 10.1 Å². The number of nitro groups is 1. The van der Waals surface area contributed by atoms with Gasteiger partial charge in [-0.3, -0.25) is 19.7 Å². The zero-order chi connectivity index (χ0) is 17.0. The molecule has 10 heteroatoms. The van der Waals surface area contributed by atoms with Gasteiger partial charge in [0, 0.05) is 12.3 Å². The third kappa shape index (κ3) is 3.61. The van der Waals surface area contributed by atoms with Crippen LogP contribution in [0.15, 0.2) is 34.6 Å². The Morgan fingerprint density at radius 2 is 2.17 bits per heavy atom. The summed E-state index contributed by atoms with van der Waals surface area (Å²) in [6, 6.07) is 3.88. The SMILES string of the molecule is COC(=O)c1sccc1NC(=O)Cn1cccc([N+](=O)[O-])c1=O. The largest absolute Gasteiger partial charge is 0.465 e. The first-order chi connectivity index (χ1) is 10.9. The van der Waals surface area contributed by atoms with E-state index in [9.17, 15) is 24.5 Å². The Morgan fingerprint density at radius 1 is 1.43 bits per heavy atom. The van der Waals surface area contributed by atoms with Gasteiger partial charge in [-0.15, -0.1) is 11.3 Å². The highest BCUT2D eigenvalue weighted by atomic mass is 32.1. The minimum atomic E-state index is -0.883. The van der Waals surface area contributed by atoms with Gasteiger partial charge in [-0.1, -0.05) is 0 Å². The van der Waals surface area contributed by atoms with Gasteiger partial charge in [0.1, 0.15) is 11.4 Å². The number of carbonyl (C=O) groups excluding carboxylic acids is 2. The molecule has 0 aliphatic carbocycles. The number of anilines is 1. The summed E-state index contributed by atoms with van der Waals surface area (Å²) in [7, 11) is 1.22. The number of hydrogen-bond donors (Lipinski definition) is 1. The quantitative estimate of drug-likeness (QED) is 0.498. The normalized spacial score (nSPS) is 10.1. The van der Waals surface area contributed by atoms with E-state index in [4.69, 9.17) is 0 Å². The molecule has 2 rings (SSSR count). The van der Waals surface area contributed by atoms with Crippen molar-refractivity contribution < 1.29 is 19.2 Å². The Kier molecular flexibility index (Phi) is 4.86. The average molecular weight is 337 g/mol. The van der Waals surface area contributed by atoms with Crippen molar-refractivity contribution in [3.8, 4) is 0 Å². The summed E-state index contributed by atoms with van der Waals surface area (Å²) in [6.45, 7) is -0.420. The van der Waals surface area contributed by atoms with Crippen LogP contribution in [0.1, 0.15) is 9.67 Å². The van der Waals surface area contributed by atoms with Crippen molar-refractivity contribution >= 4 is 34.6 Å². The second-order valence-electron chi connectivity index (χ2n) is 4.29. The Hall–Kier alpha value is -3.01. The Morgan fingerprint density at radius 3 is 2.83 bits per heavy atom. The van der Waals surface area contributed by atoms with Crippen LogP contribution >= 0.6 is 11.3 Å². The lowest BCUT2D eigenvalue weighted by Crippen LogP contribution is -2.28. The second kappa shape index (κ2) is 6.83. The van der Waals surface area contributed by atoms with Crippen molar-refractivity contribution in [2.75, 3.05) is 12.4 Å². The third-order valence-electron chi connectivity index (χ3n) is 2.82. The lowest BCUT2D eigenvalue weighted by Gasteiger charge is -2.07. The summed E-state index contributed by atoms with van der Waals surface area (Å²) < 4.78 is 5.50. The molecular formula is C13H11N3O6S. The first-order valence-corrected chi connectivity index (χ1v) is 7.11. The predicted octanol–water partition coefficient (Wildman–Crippen LogP) is 1.24. The van der Waals surface area contributed by atoms with E-state index >= 15 is 0 Å². The minimum Gasteiger partial charge on any atom is -0.465 e. The van der Waals surface area contributed by atoms with Crippen molar-refractivity contribution in [2.24, 2.45) is 0 Å². The molecular weight excluding hydrogens is 326 g/mol. The van der Waals surface area contributed by atoms with Crippen LogP contribution in [0.4, 0.5) is 11.4 Å². The number of amides is 1. The first-order valence-electron chi connectivity index (χ1n) is 6.23. The molecule has 0 spiro atoms. The number of ether oxygens (including phenoxy) is 1. The van der Waals surface area contributed by atoms with Gasteiger partial charge >= 0.3 is 17.2 Å². The van der Waals surface area contributed by atoms with Gasteiger partial charge in [-0.25, -0.2) is 4.79 Å². The van der Waals surface area contributed by atoms with Crippen molar-refractivity contribution in [3.63, 3.8) is 0 Å². The highest BCUT2D eigenvalue weighted by Crippen LogP contribution is 2.23. The van der Waals surface area contributed by atoms with Crippen LogP contribution in [0.3, 0.4) is 0 Å². The van der Waals surface area contributed by atoms with Gasteiger partial charge in [-0.2, -0.15) is 0 Å². The number of methoxy groups -OCH3 is 1. The van der Waals surface area contributed by atoms with E-state index in [1.165, 1.54) is 25.4 Å². The number of carbonyl (C=O) groups is 2. The molecule has 0 aliphatic heterocycles. The van der Waals surface area contributed by atoms with Crippen LogP contribution in [0, 0.1) is 10.1 Å². The second-order valence-corrected chi connectivity index (χ2v) is 5.20. The van der Waals surface area contributed by atoms with E-state index in [1.54, 1.807) is 5.38 Å². The predicted molar refractivity (Wildman–Crippen MR) is 81.6 cm³/mol. The monoisotopic (exact) mass is 337 g/mol. The van der Waals surface area contributed by atoms with E-state index < -0.39 is 34.6 Å². The molecule has 0 bridgehead atoms. The lowest BCUT2D eigenvalue weighted by molar-refractivity contribution is -0.386. The topological polar surface area (TPSA) is 121 Å². The van der Waals surface area contributed by atoms with E-state index in [0.717, 1.165) is 22.0 Å². The van der Waals surface area contributed by atoms with Gasteiger partial charge in [0.15, 0.2) is 0 Å². The van der Waals surface area contributed by atoms with Crippen LogP contribution < -0.4 is 10.9 Å². The highest BCUT2D eigenvalue weighted by molar-refractivity contribution is 7.12. The lowest BCUT2D eigenvalue weighted by atomic mass is 10.3. The van der Waals surface area contributed by atoms with Crippen LogP contribution in [0.2, 0.25) is 0 Å². The molecule has 2 aromatic heterocycles. The fraction of sp³-hybridized carbons (Fsp3) is 0.154. The highest BCUT2D eigenvalue weighted by Gasteiger charge is 2.18. The van der Waals surface area contributed by atoms with Gasteiger partial charge in [0.05, 0.1) is 17.7 Å². The molecule has 23 heavy (non-hydrogen) atoms. The maximum Gasteiger partial charge on any atom is 0.350 e. The smallest absolute Gasteiger partial charge is 0.350 e. The maximum atomic E-state index is 12.0. The zero-order valence-corrected chi connectivity index (χ0v) is 12.7. The molecule has 0 aromatic carbocycles. The van der Waals surface area contributed by atoms with Gasteiger partial charge in [-0.05, 0) is 17.5 Å². The molecule has 1 amide bonds. The average Bonchev–Trinajstić information content (AvgIpc) is 2.96. The fourth-order valence-electron chi connectivity index (χ4n) is 1.79. The first kappa shape index (κ1) is 16.4. The Balaban J connectivity index is 2.17. The number of nitrogens with one attached hydrogen (secondary N) is 1. The standard InChI is InChI=1S/C13H11N3O6S/c1-22-13(19)11-8(4-6-23-11)14-10(17)7-15-5-2-3-9(12(15)18)16(20)21/h2-6H,7H2,1H3,(H,14,17). The maximum absolute atomic E-state index is 12.0. The molecule has 1 N–H and O–H groups in total.